The van der Waals surface area contributed by atoms with Gasteiger partial charge in [-0.2, -0.15) is 0 Å². The third-order valence-corrected chi connectivity index (χ3v) is 5.36. The Kier molecular flexibility index (Phi) is 5.21. The number of ether oxygens (including phenoxy) is 2. The smallest absolute Gasteiger partial charge is 0.220 e. The summed E-state index contributed by atoms with van der Waals surface area (Å²) in [7, 11) is 1.67. The van der Waals surface area contributed by atoms with Crippen LogP contribution in [0.4, 0.5) is 0 Å². The molecule has 0 radical (unpaired) electrons. The maximum atomic E-state index is 12.2. The molecule has 0 bridgehead atoms. The second-order valence-electron chi connectivity index (χ2n) is 6.65. The van der Waals surface area contributed by atoms with Crippen LogP contribution >= 0.6 is 0 Å². The minimum absolute atomic E-state index is 0.187. The normalized spacial score (nSPS) is 28.8. The van der Waals surface area contributed by atoms with Gasteiger partial charge in [0.05, 0.1) is 13.2 Å². The fourth-order valence-corrected chi connectivity index (χ4v) is 4.03. The van der Waals surface area contributed by atoms with Crippen LogP contribution in [0.25, 0.3) is 0 Å². The molecule has 1 N–H and O–H groups in total. The van der Waals surface area contributed by atoms with E-state index in [1.165, 1.54) is 5.56 Å². The van der Waals surface area contributed by atoms with E-state index in [1.807, 2.05) is 12.1 Å². The van der Waals surface area contributed by atoms with Crippen LogP contribution in [0, 0.1) is 11.8 Å². The molecule has 1 aromatic rings. The van der Waals surface area contributed by atoms with Gasteiger partial charge < -0.3 is 14.8 Å². The van der Waals surface area contributed by atoms with Crippen LogP contribution in [0.15, 0.2) is 24.3 Å². The first-order valence-corrected chi connectivity index (χ1v) is 8.76. The second-order valence-corrected chi connectivity index (χ2v) is 6.65. The van der Waals surface area contributed by atoms with E-state index in [4.69, 9.17) is 9.47 Å². The summed E-state index contributed by atoms with van der Waals surface area (Å²) in [6, 6.07) is 8.40. The van der Waals surface area contributed by atoms with Crippen molar-refractivity contribution in [2.24, 2.45) is 11.8 Å². The van der Waals surface area contributed by atoms with Crippen molar-refractivity contribution in [3.8, 4) is 5.75 Å². The maximum absolute atomic E-state index is 12.2. The highest BCUT2D eigenvalue weighted by atomic mass is 16.5. The zero-order valence-corrected chi connectivity index (χ0v) is 14.1. The van der Waals surface area contributed by atoms with Crippen molar-refractivity contribution in [3.63, 3.8) is 0 Å². The van der Waals surface area contributed by atoms with Gasteiger partial charge in [-0.15, -0.1) is 0 Å². The number of methoxy groups -OCH3 is 1. The lowest BCUT2D eigenvalue weighted by atomic mass is 9.65. The first-order valence-electron chi connectivity index (χ1n) is 8.76. The summed E-state index contributed by atoms with van der Waals surface area (Å²) in [5.41, 5.74) is 1.25. The molecule has 4 nitrogen and oxygen atoms in total. The molecule has 1 aliphatic carbocycles. The van der Waals surface area contributed by atoms with Crippen molar-refractivity contribution in [2.75, 3.05) is 13.7 Å². The van der Waals surface area contributed by atoms with E-state index >= 15 is 0 Å². The Balaban J connectivity index is 1.41. The topological polar surface area (TPSA) is 47.6 Å². The molecule has 0 spiro atoms. The number of carbonyl (C=O) groups excluding carboxylic acids is 1. The van der Waals surface area contributed by atoms with Gasteiger partial charge in [0.1, 0.15) is 5.75 Å². The van der Waals surface area contributed by atoms with Gasteiger partial charge in [0.2, 0.25) is 5.91 Å². The molecule has 1 amide bonds. The Morgan fingerprint density at radius 3 is 2.83 bits per heavy atom. The Morgan fingerprint density at radius 1 is 1.35 bits per heavy atom. The summed E-state index contributed by atoms with van der Waals surface area (Å²) < 4.78 is 10.9. The van der Waals surface area contributed by atoms with Gasteiger partial charge in [-0.1, -0.05) is 19.1 Å². The van der Waals surface area contributed by atoms with Gasteiger partial charge in [0, 0.05) is 30.9 Å². The molecule has 2 fully saturated rings. The first kappa shape index (κ1) is 16.3. The molecule has 1 aliphatic heterocycles. The molecule has 1 heterocycles. The van der Waals surface area contributed by atoms with E-state index in [2.05, 4.69) is 24.4 Å². The van der Waals surface area contributed by atoms with Crippen molar-refractivity contribution in [3.05, 3.63) is 29.8 Å². The Labute approximate surface area is 138 Å². The van der Waals surface area contributed by atoms with Crippen LogP contribution < -0.4 is 10.1 Å². The lowest BCUT2D eigenvalue weighted by Crippen LogP contribution is -2.61. The number of nitrogens with one attached hydrogen (secondary N) is 1. The molecule has 1 aromatic carbocycles. The van der Waals surface area contributed by atoms with E-state index in [-0.39, 0.29) is 5.91 Å². The number of carbonyl (C=O) groups is 1. The number of aryl methyl sites for hydroxylation is 1. The van der Waals surface area contributed by atoms with E-state index in [9.17, 15) is 4.79 Å². The molecule has 3 rings (SSSR count). The van der Waals surface area contributed by atoms with Gasteiger partial charge in [-0.25, -0.2) is 0 Å². The standard InChI is InChI=1S/C19H27NO3/c1-3-15-18(16-11-12-23-19(15)16)20-17(21)6-4-5-13-7-9-14(22-2)10-8-13/h7-10,15-16,18-19H,3-6,11-12H2,1-2H3,(H,20,21)/t15-,16+,18+,19-/m1/s1. The fourth-order valence-electron chi connectivity index (χ4n) is 4.03. The average molecular weight is 317 g/mol. The van der Waals surface area contributed by atoms with Crippen LogP contribution in [-0.4, -0.2) is 31.8 Å². The summed E-state index contributed by atoms with van der Waals surface area (Å²) in [4.78, 5) is 12.2. The van der Waals surface area contributed by atoms with E-state index in [0.717, 1.165) is 38.0 Å². The van der Waals surface area contributed by atoms with Gasteiger partial charge in [0.15, 0.2) is 0 Å². The minimum Gasteiger partial charge on any atom is -0.497 e. The zero-order valence-electron chi connectivity index (χ0n) is 14.1. The highest BCUT2D eigenvalue weighted by Gasteiger charge is 2.53. The number of amides is 1. The number of fused-ring (bicyclic) bond motifs is 1. The lowest BCUT2D eigenvalue weighted by molar-refractivity contribution is -0.127. The van der Waals surface area contributed by atoms with E-state index < -0.39 is 0 Å². The van der Waals surface area contributed by atoms with Crippen molar-refractivity contribution in [1.82, 2.24) is 5.32 Å². The summed E-state index contributed by atoms with van der Waals surface area (Å²) in [6.07, 6.45) is 4.97. The van der Waals surface area contributed by atoms with Crippen LogP contribution in [0.1, 0.15) is 38.2 Å². The predicted octanol–water partition coefficient (Wildman–Crippen LogP) is 2.95. The third kappa shape index (κ3) is 3.52. The zero-order chi connectivity index (χ0) is 16.2. The second kappa shape index (κ2) is 7.35. The molecule has 0 aromatic heterocycles. The molecule has 1 saturated heterocycles. The van der Waals surface area contributed by atoms with Gasteiger partial charge in [-0.05, 0) is 43.4 Å². The van der Waals surface area contributed by atoms with Crippen LogP contribution in [0.2, 0.25) is 0 Å². The van der Waals surface area contributed by atoms with Crippen molar-refractivity contribution < 1.29 is 14.3 Å². The highest BCUT2D eigenvalue weighted by molar-refractivity contribution is 5.76. The van der Waals surface area contributed by atoms with Gasteiger partial charge in [0.25, 0.3) is 0 Å². The Bertz CT molecular complexity index is 528. The fraction of sp³-hybridized carbons (Fsp3) is 0.632. The monoisotopic (exact) mass is 317 g/mol. The summed E-state index contributed by atoms with van der Waals surface area (Å²) in [5.74, 6) is 2.11. The van der Waals surface area contributed by atoms with Crippen LogP contribution in [-0.2, 0) is 16.0 Å². The molecule has 0 unspecified atom stereocenters. The van der Waals surface area contributed by atoms with Crippen molar-refractivity contribution in [2.45, 2.75) is 51.2 Å². The predicted molar refractivity (Wildman–Crippen MR) is 89.5 cm³/mol. The van der Waals surface area contributed by atoms with E-state index in [1.54, 1.807) is 7.11 Å². The summed E-state index contributed by atoms with van der Waals surface area (Å²) in [5, 5.41) is 3.25. The highest BCUT2D eigenvalue weighted by Crippen LogP contribution is 2.45. The molecule has 4 atom stereocenters. The molecule has 23 heavy (non-hydrogen) atoms. The van der Waals surface area contributed by atoms with Gasteiger partial charge >= 0.3 is 0 Å². The van der Waals surface area contributed by atoms with Crippen molar-refractivity contribution in [1.29, 1.82) is 0 Å². The number of hydrogen-bond donors (Lipinski definition) is 1. The molecular weight excluding hydrogens is 290 g/mol. The Hall–Kier alpha value is -1.55. The molecular formula is C19H27NO3. The average Bonchev–Trinajstić information content (AvgIpc) is 2.98. The maximum Gasteiger partial charge on any atom is 0.220 e. The SMILES string of the molecule is CC[C@@H]1[C@H](NC(=O)CCCc2ccc(OC)cc2)[C@@H]2CCO[C@H]12. The van der Waals surface area contributed by atoms with Crippen molar-refractivity contribution >= 4 is 5.91 Å². The largest absolute Gasteiger partial charge is 0.497 e. The summed E-state index contributed by atoms with van der Waals surface area (Å²) >= 11 is 0. The molecule has 4 heteroatoms. The molecule has 126 valence electrons. The Morgan fingerprint density at radius 2 is 2.13 bits per heavy atom. The van der Waals surface area contributed by atoms with E-state index in [0.29, 0.717) is 30.4 Å². The van der Waals surface area contributed by atoms with Crippen LogP contribution in [0.3, 0.4) is 0 Å². The van der Waals surface area contributed by atoms with Gasteiger partial charge in [-0.3, -0.25) is 4.79 Å². The summed E-state index contributed by atoms with van der Waals surface area (Å²) in [6.45, 7) is 3.04. The number of rotatable bonds is 7. The van der Waals surface area contributed by atoms with Crippen LogP contribution in [0.5, 0.6) is 5.75 Å². The number of benzene rings is 1. The lowest BCUT2D eigenvalue weighted by Gasteiger charge is -2.47. The molecule has 2 aliphatic rings. The first-order chi connectivity index (χ1) is 11.2. The molecule has 1 saturated carbocycles. The quantitative estimate of drug-likeness (QED) is 0.841. The number of hydrogen-bond acceptors (Lipinski definition) is 3. The minimum atomic E-state index is 0.187. The third-order valence-electron chi connectivity index (χ3n) is 5.36.